The van der Waals surface area contributed by atoms with E-state index in [0.717, 1.165) is 35.8 Å². The van der Waals surface area contributed by atoms with Crippen molar-refractivity contribution in [2.75, 3.05) is 13.1 Å². The molecule has 2 aromatic heterocycles. The lowest BCUT2D eigenvalue weighted by atomic mass is 10.1. The molecule has 102 valence electrons. The van der Waals surface area contributed by atoms with Crippen LogP contribution in [0.2, 0.25) is 0 Å². The molecular weight excluding hydrogens is 248 g/mol. The van der Waals surface area contributed by atoms with Gasteiger partial charge in [-0.15, -0.1) is 0 Å². The lowest BCUT2D eigenvalue weighted by Crippen LogP contribution is -2.08. The van der Waals surface area contributed by atoms with Crippen molar-refractivity contribution in [3.05, 3.63) is 42.0 Å². The first-order valence-electron chi connectivity index (χ1n) is 7.16. The highest BCUT2D eigenvalue weighted by Gasteiger charge is 2.22. The molecule has 4 nitrogen and oxygen atoms in total. The summed E-state index contributed by atoms with van der Waals surface area (Å²) in [5.41, 5.74) is 4.57. The van der Waals surface area contributed by atoms with E-state index in [1.165, 1.54) is 17.4 Å². The molecule has 1 fully saturated rings. The van der Waals surface area contributed by atoms with Crippen LogP contribution in [0.15, 0.2) is 30.5 Å². The third-order valence-corrected chi connectivity index (χ3v) is 4.19. The Labute approximate surface area is 117 Å². The monoisotopic (exact) mass is 266 g/mol. The lowest BCUT2D eigenvalue weighted by Gasteiger charge is -2.02. The van der Waals surface area contributed by atoms with Crippen LogP contribution in [-0.2, 0) is 0 Å². The summed E-state index contributed by atoms with van der Waals surface area (Å²) in [5, 5.41) is 4.63. The SMILES string of the molecule is Cc1[nH]c(C2CCNC2)nc1-c1c[nH]c2ccccc12. The number of hydrogen-bond donors (Lipinski definition) is 3. The molecule has 0 aliphatic carbocycles. The fraction of sp³-hybridized carbons (Fsp3) is 0.312. The minimum atomic E-state index is 0.521. The average molecular weight is 266 g/mol. The summed E-state index contributed by atoms with van der Waals surface area (Å²) < 4.78 is 0. The van der Waals surface area contributed by atoms with Crippen LogP contribution in [0, 0.1) is 6.92 Å². The number of fused-ring (bicyclic) bond motifs is 1. The number of rotatable bonds is 2. The number of aromatic nitrogens is 3. The van der Waals surface area contributed by atoms with E-state index in [2.05, 4.69) is 52.7 Å². The smallest absolute Gasteiger partial charge is 0.111 e. The molecule has 4 rings (SSSR count). The van der Waals surface area contributed by atoms with E-state index >= 15 is 0 Å². The van der Waals surface area contributed by atoms with Crippen molar-refractivity contribution in [1.29, 1.82) is 0 Å². The van der Waals surface area contributed by atoms with Crippen molar-refractivity contribution in [1.82, 2.24) is 20.3 Å². The molecule has 0 bridgehead atoms. The van der Waals surface area contributed by atoms with Gasteiger partial charge in [0.05, 0.1) is 5.69 Å². The van der Waals surface area contributed by atoms with Crippen LogP contribution in [0.25, 0.3) is 22.2 Å². The summed E-state index contributed by atoms with van der Waals surface area (Å²) in [6, 6.07) is 8.37. The van der Waals surface area contributed by atoms with Crippen LogP contribution < -0.4 is 5.32 Å². The number of hydrogen-bond acceptors (Lipinski definition) is 2. The molecule has 0 amide bonds. The minimum Gasteiger partial charge on any atom is -0.360 e. The molecule has 1 aromatic carbocycles. The van der Waals surface area contributed by atoms with Gasteiger partial charge in [-0.3, -0.25) is 0 Å². The number of aromatic amines is 2. The predicted octanol–water partition coefficient (Wildman–Crippen LogP) is 2.94. The molecule has 4 heteroatoms. The Balaban J connectivity index is 1.81. The van der Waals surface area contributed by atoms with E-state index in [4.69, 9.17) is 4.98 Å². The Morgan fingerprint density at radius 2 is 2.15 bits per heavy atom. The zero-order valence-corrected chi connectivity index (χ0v) is 11.5. The summed E-state index contributed by atoms with van der Waals surface area (Å²) in [7, 11) is 0. The fourth-order valence-corrected chi connectivity index (χ4v) is 3.09. The number of nitrogens with one attached hydrogen (secondary N) is 3. The summed E-state index contributed by atoms with van der Waals surface area (Å²) in [5.74, 6) is 1.64. The molecule has 20 heavy (non-hydrogen) atoms. The maximum absolute atomic E-state index is 4.87. The molecule has 0 radical (unpaired) electrons. The first-order valence-corrected chi connectivity index (χ1v) is 7.16. The maximum atomic E-state index is 4.87. The van der Waals surface area contributed by atoms with Crippen molar-refractivity contribution in [3.63, 3.8) is 0 Å². The van der Waals surface area contributed by atoms with Crippen LogP contribution in [0.5, 0.6) is 0 Å². The number of nitrogens with zero attached hydrogens (tertiary/aromatic N) is 1. The van der Waals surface area contributed by atoms with Gasteiger partial charge in [0.2, 0.25) is 0 Å². The zero-order chi connectivity index (χ0) is 13.5. The summed E-state index contributed by atoms with van der Waals surface area (Å²) in [6.07, 6.45) is 3.23. The van der Waals surface area contributed by atoms with Crippen molar-refractivity contribution in [2.45, 2.75) is 19.3 Å². The third-order valence-electron chi connectivity index (χ3n) is 4.19. The standard InChI is InChI=1S/C16H18N4/c1-10-15(20-16(19-10)11-6-7-17-8-11)13-9-18-14-5-3-2-4-12(13)14/h2-5,9,11,17-18H,6-8H2,1H3,(H,19,20). The molecule has 0 spiro atoms. The van der Waals surface area contributed by atoms with Gasteiger partial charge in [0.15, 0.2) is 0 Å². The Hall–Kier alpha value is -2.07. The molecule has 3 heterocycles. The maximum Gasteiger partial charge on any atom is 0.111 e. The van der Waals surface area contributed by atoms with E-state index < -0.39 is 0 Å². The summed E-state index contributed by atoms with van der Waals surface area (Å²) in [6.45, 7) is 4.23. The van der Waals surface area contributed by atoms with Crippen molar-refractivity contribution < 1.29 is 0 Å². The van der Waals surface area contributed by atoms with E-state index in [0.29, 0.717) is 5.92 Å². The van der Waals surface area contributed by atoms with Gasteiger partial charge in [0.25, 0.3) is 0 Å². The van der Waals surface area contributed by atoms with Crippen molar-refractivity contribution in [3.8, 4) is 11.3 Å². The van der Waals surface area contributed by atoms with Gasteiger partial charge in [-0.25, -0.2) is 4.98 Å². The van der Waals surface area contributed by atoms with Crippen LogP contribution >= 0.6 is 0 Å². The van der Waals surface area contributed by atoms with Gasteiger partial charge in [0.1, 0.15) is 5.82 Å². The second-order valence-electron chi connectivity index (χ2n) is 5.53. The molecule has 1 saturated heterocycles. The molecule has 3 aromatic rings. The third kappa shape index (κ3) is 1.76. The van der Waals surface area contributed by atoms with E-state index in [1.807, 2.05) is 0 Å². The second kappa shape index (κ2) is 4.49. The first kappa shape index (κ1) is 11.7. The van der Waals surface area contributed by atoms with Crippen molar-refractivity contribution in [2.24, 2.45) is 0 Å². The summed E-state index contributed by atoms with van der Waals surface area (Å²) in [4.78, 5) is 11.7. The van der Waals surface area contributed by atoms with Crippen molar-refractivity contribution >= 4 is 10.9 Å². The Kier molecular flexibility index (Phi) is 2.63. The average Bonchev–Trinajstić information content (AvgIpc) is 3.16. The highest BCUT2D eigenvalue weighted by molar-refractivity contribution is 5.95. The molecule has 1 aliphatic heterocycles. The quantitative estimate of drug-likeness (QED) is 0.668. The van der Waals surface area contributed by atoms with E-state index in [1.54, 1.807) is 0 Å². The number of benzene rings is 1. The van der Waals surface area contributed by atoms with Gasteiger partial charge in [-0.1, -0.05) is 18.2 Å². The van der Waals surface area contributed by atoms with E-state index in [-0.39, 0.29) is 0 Å². The second-order valence-corrected chi connectivity index (χ2v) is 5.53. The fourth-order valence-electron chi connectivity index (χ4n) is 3.09. The van der Waals surface area contributed by atoms with E-state index in [9.17, 15) is 0 Å². The summed E-state index contributed by atoms with van der Waals surface area (Å²) >= 11 is 0. The highest BCUT2D eigenvalue weighted by Crippen LogP contribution is 2.31. The topological polar surface area (TPSA) is 56.5 Å². The Morgan fingerprint density at radius 1 is 1.25 bits per heavy atom. The first-order chi connectivity index (χ1) is 9.83. The molecule has 1 aliphatic rings. The molecule has 1 atom stereocenters. The van der Waals surface area contributed by atoms with Crippen LogP contribution in [0.3, 0.4) is 0 Å². The number of imidazole rings is 1. The van der Waals surface area contributed by atoms with Gasteiger partial charge < -0.3 is 15.3 Å². The molecule has 3 N–H and O–H groups in total. The van der Waals surface area contributed by atoms with Gasteiger partial charge in [-0.2, -0.15) is 0 Å². The van der Waals surface area contributed by atoms with Crippen LogP contribution in [-0.4, -0.2) is 28.0 Å². The minimum absolute atomic E-state index is 0.521. The Bertz CT molecular complexity index is 747. The largest absolute Gasteiger partial charge is 0.360 e. The van der Waals surface area contributed by atoms with Gasteiger partial charge in [-0.05, 0) is 26.0 Å². The number of aryl methyl sites for hydroxylation is 1. The number of para-hydroxylation sites is 1. The van der Waals surface area contributed by atoms with Crippen LogP contribution in [0.4, 0.5) is 0 Å². The Morgan fingerprint density at radius 3 is 3.00 bits per heavy atom. The highest BCUT2D eigenvalue weighted by atomic mass is 15.0. The van der Waals surface area contributed by atoms with Gasteiger partial charge in [0, 0.05) is 40.8 Å². The normalized spacial score (nSPS) is 18.9. The number of H-pyrrole nitrogens is 2. The molecule has 1 unspecified atom stereocenters. The predicted molar refractivity (Wildman–Crippen MR) is 80.8 cm³/mol. The molecule has 0 saturated carbocycles. The van der Waals surface area contributed by atoms with Gasteiger partial charge >= 0.3 is 0 Å². The zero-order valence-electron chi connectivity index (χ0n) is 11.5. The molecular formula is C16H18N4. The van der Waals surface area contributed by atoms with Crippen LogP contribution in [0.1, 0.15) is 23.9 Å². The lowest BCUT2D eigenvalue weighted by molar-refractivity contribution is 0.713.